The molecule has 1 aromatic carbocycles. The Morgan fingerprint density at radius 2 is 1.96 bits per heavy atom. The number of carboxylic acid groups (broad SMARTS) is 1. The molecule has 0 radical (unpaired) electrons. The molecule has 27 heavy (non-hydrogen) atoms. The summed E-state index contributed by atoms with van der Waals surface area (Å²) in [6, 6.07) is 8.35. The molecule has 1 aliphatic heterocycles. The Morgan fingerprint density at radius 1 is 1.26 bits per heavy atom. The normalized spacial score (nSPS) is 21.4. The fourth-order valence-electron chi connectivity index (χ4n) is 3.35. The maximum Gasteiger partial charge on any atom is 0.323 e. The van der Waals surface area contributed by atoms with Crippen LogP contribution in [0.4, 0.5) is 0 Å². The minimum Gasteiger partial charge on any atom is -0.480 e. The van der Waals surface area contributed by atoms with Crippen LogP contribution in [0.2, 0.25) is 0 Å². The Hall–Kier alpha value is -2.06. The van der Waals surface area contributed by atoms with E-state index < -0.39 is 29.7 Å². The van der Waals surface area contributed by atoms with Gasteiger partial charge in [-0.3, -0.25) is 14.4 Å². The quantitative estimate of drug-likeness (QED) is 0.489. The number of amides is 2. The predicted molar refractivity (Wildman–Crippen MR) is 104 cm³/mol. The molecule has 0 aromatic heterocycles. The Balaban J connectivity index is 2.04. The van der Waals surface area contributed by atoms with Crippen molar-refractivity contribution in [2.24, 2.45) is 0 Å². The summed E-state index contributed by atoms with van der Waals surface area (Å²) >= 11 is 4.36. The van der Waals surface area contributed by atoms with Crippen molar-refractivity contribution < 1.29 is 24.6 Å². The van der Waals surface area contributed by atoms with Crippen LogP contribution in [0, 0.1) is 0 Å². The third-order valence-electron chi connectivity index (χ3n) is 4.71. The highest BCUT2D eigenvalue weighted by Gasteiger charge is 2.35. The van der Waals surface area contributed by atoms with Crippen LogP contribution in [-0.2, 0) is 20.8 Å². The first-order valence-electron chi connectivity index (χ1n) is 9.08. The zero-order valence-corrected chi connectivity index (χ0v) is 16.0. The molecule has 2 rings (SSSR count). The van der Waals surface area contributed by atoms with E-state index in [9.17, 15) is 19.5 Å². The number of carbonyl (C=O) groups is 3. The van der Waals surface area contributed by atoms with Gasteiger partial charge in [-0.15, -0.1) is 0 Å². The molecule has 0 saturated carbocycles. The van der Waals surface area contributed by atoms with Gasteiger partial charge in [-0.1, -0.05) is 30.3 Å². The van der Waals surface area contributed by atoms with E-state index in [-0.39, 0.29) is 18.6 Å². The third-order valence-corrected chi connectivity index (χ3v) is 5.13. The number of carbonyl (C=O) groups excluding carboxylic acids is 2. The summed E-state index contributed by atoms with van der Waals surface area (Å²) in [5.74, 6) is -1.88. The van der Waals surface area contributed by atoms with Crippen molar-refractivity contribution in [3.8, 4) is 0 Å². The molecule has 0 bridgehead atoms. The summed E-state index contributed by atoms with van der Waals surface area (Å²) < 4.78 is 0. The number of aliphatic hydroxyl groups excluding tert-OH is 1. The lowest BCUT2D eigenvalue weighted by Gasteiger charge is -2.30. The van der Waals surface area contributed by atoms with Crippen LogP contribution in [-0.4, -0.2) is 63.4 Å². The summed E-state index contributed by atoms with van der Waals surface area (Å²) in [7, 11) is 0. The monoisotopic (exact) mass is 394 g/mol. The minimum absolute atomic E-state index is 0.124. The molecule has 148 valence electrons. The second kappa shape index (κ2) is 10.3. The van der Waals surface area contributed by atoms with Crippen molar-refractivity contribution in [1.82, 2.24) is 10.2 Å². The zero-order chi connectivity index (χ0) is 19.8. The van der Waals surface area contributed by atoms with Crippen LogP contribution in [0.15, 0.2) is 30.3 Å². The number of hydrogen-bond acceptors (Lipinski definition) is 5. The molecular weight excluding hydrogens is 368 g/mol. The van der Waals surface area contributed by atoms with E-state index >= 15 is 0 Å². The Kier molecular flexibility index (Phi) is 8.12. The fourth-order valence-corrected chi connectivity index (χ4v) is 3.64. The van der Waals surface area contributed by atoms with Gasteiger partial charge in [-0.05, 0) is 37.7 Å². The molecule has 1 heterocycles. The number of thiol groups is 1. The lowest BCUT2D eigenvalue weighted by Crippen LogP contribution is -2.53. The van der Waals surface area contributed by atoms with E-state index in [2.05, 4.69) is 17.9 Å². The number of likely N-dealkylation sites (tertiary alicyclic amines) is 1. The Labute approximate surface area is 164 Å². The number of benzene rings is 1. The number of rotatable bonds is 8. The topological polar surface area (TPSA) is 107 Å². The molecule has 1 fully saturated rings. The first-order chi connectivity index (χ1) is 12.9. The number of carboxylic acids is 1. The highest BCUT2D eigenvalue weighted by molar-refractivity contribution is 7.81. The van der Waals surface area contributed by atoms with Crippen molar-refractivity contribution in [2.75, 3.05) is 13.2 Å². The van der Waals surface area contributed by atoms with E-state index in [1.165, 1.54) is 4.90 Å². The molecule has 0 aliphatic carbocycles. The van der Waals surface area contributed by atoms with E-state index in [1.807, 2.05) is 30.3 Å². The van der Waals surface area contributed by atoms with Gasteiger partial charge in [0.05, 0.1) is 5.25 Å². The van der Waals surface area contributed by atoms with Crippen molar-refractivity contribution >= 4 is 30.4 Å². The van der Waals surface area contributed by atoms with Crippen molar-refractivity contribution in [2.45, 2.75) is 49.4 Å². The van der Waals surface area contributed by atoms with E-state index in [4.69, 9.17) is 5.11 Å². The van der Waals surface area contributed by atoms with Gasteiger partial charge in [0.25, 0.3) is 0 Å². The number of nitrogens with zero attached hydrogens (tertiary/aromatic N) is 1. The third kappa shape index (κ3) is 6.25. The largest absolute Gasteiger partial charge is 0.480 e. The van der Waals surface area contributed by atoms with Gasteiger partial charge < -0.3 is 20.4 Å². The Morgan fingerprint density at radius 3 is 2.59 bits per heavy atom. The summed E-state index contributed by atoms with van der Waals surface area (Å²) in [6.45, 7) is -0.564. The molecule has 3 atom stereocenters. The number of aliphatic hydroxyl groups is 1. The van der Waals surface area contributed by atoms with Crippen molar-refractivity contribution in [3.05, 3.63) is 35.9 Å². The average molecular weight is 394 g/mol. The average Bonchev–Trinajstić information content (AvgIpc) is 2.77. The van der Waals surface area contributed by atoms with Gasteiger partial charge in [-0.2, -0.15) is 12.6 Å². The molecule has 1 aromatic rings. The highest BCUT2D eigenvalue weighted by Crippen LogP contribution is 2.21. The lowest BCUT2D eigenvalue weighted by atomic mass is 10.1. The number of nitrogens with one attached hydrogen (secondary N) is 1. The van der Waals surface area contributed by atoms with Gasteiger partial charge in [-0.25, -0.2) is 0 Å². The predicted octanol–water partition coefficient (Wildman–Crippen LogP) is 0.860. The first-order valence-corrected chi connectivity index (χ1v) is 9.59. The SMILES string of the molecule is O=C(O)CN1C(=O)[C@H](NC(=O)[C@H](S)Cc2ccccc2)CCC[C@H]1CCO. The van der Waals surface area contributed by atoms with E-state index in [1.54, 1.807) is 0 Å². The van der Waals surface area contributed by atoms with E-state index in [0.717, 1.165) is 5.56 Å². The maximum atomic E-state index is 12.8. The summed E-state index contributed by atoms with van der Waals surface area (Å²) in [4.78, 5) is 37.7. The molecule has 1 aliphatic rings. The van der Waals surface area contributed by atoms with Gasteiger partial charge in [0, 0.05) is 12.6 Å². The molecule has 3 N–H and O–H groups in total. The van der Waals surface area contributed by atoms with Crippen molar-refractivity contribution in [1.29, 1.82) is 0 Å². The standard InChI is InChI=1S/C19H26N2O5S/c22-10-9-14-7-4-8-15(19(26)21(14)12-17(23)24)20-18(25)16(27)11-13-5-2-1-3-6-13/h1-3,5-6,14-16,22,27H,4,7-12H2,(H,20,25)(H,23,24)/t14-,15+,16+/m0/s1. The van der Waals surface area contributed by atoms with Crippen LogP contribution >= 0.6 is 12.6 Å². The van der Waals surface area contributed by atoms with Gasteiger partial charge in [0.1, 0.15) is 12.6 Å². The number of hydrogen-bond donors (Lipinski definition) is 4. The van der Waals surface area contributed by atoms with Crippen molar-refractivity contribution in [3.63, 3.8) is 0 Å². The van der Waals surface area contributed by atoms with Gasteiger partial charge in [0.15, 0.2) is 0 Å². The maximum absolute atomic E-state index is 12.8. The number of aliphatic carboxylic acids is 1. The van der Waals surface area contributed by atoms with Crippen LogP contribution in [0.3, 0.4) is 0 Å². The first kappa shape index (κ1) is 21.2. The molecule has 8 heteroatoms. The second-order valence-corrected chi connectivity index (χ2v) is 7.35. The summed E-state index contributed by atoms with van der Waals surface area (Å²) in [6.07, 6.45) is 2.45. The molecule has 7 nitrogen and oxygen atoms in total. The van der Waals surface area contributed by atoms with Crippen LogP contribution in [0.5, 0.6) is 0 Å². The smallest absolute Gasteiger partial charge is 0.323 e. The zero-order valence-electron chi connectivity index (χ0n) is 15.1. The minimum atomic E-state index is -1.12. The second-order valence-electron chi connectivity index (χ2n) is 6.72. The molecule has 0 spiro atoms. The van der Waals surface area contributed by atoms with Crippen LogP contribution < -0.4 is 5.32 Å². The van der Waals surface area contributed by atoms with Gasteiger partial charge >= 0.3 is 5.97 Å². The molecule has 2 amide bonds. The molecular formula is C19H26N2O5S. The van der Waals surface area contributed by atoms with Crippen LogP contribution in [0.1, 0.15) is 31.2 Å². The molecule has 1 saturated heterocycles. The summed E-state index contributed by atoms with van der Waals surface area (Å²) in [5.41, 5.74) is 0.968. The highest BCUT2D eigenvalue weighted by atomic mass is 32.1. The Bertz CT molecular complexity index is 655. The van der Waals surface area contributed by atoms with Gasteiger partial charge in [0.2, 0.25) is 11.8 Å². The summed E-state index contributed by atoms with van der Waals surface area (Å²) in [5, 5.41) is 20.5. The molecule has 0 unspecified atom stereocenters. The fraction of sp³-hybridized carbons (Fsp3) is 0.526. The van der Waals surface area contributed by atoms with E-state index in [0.29, 0.717) is 32.1 Å². The van der Waals surface area contributed by atoms with Crippen LogP contribution in [0.25, 0.3) is 0 Å². The lowest BCUT2D eigenvalue weighted by molar-refractivity contribution is -0.147.